The Balaban J connectivity index is 2.66. The Hall–Kier alpha value is -1.79. The van der Waals surface area contributed by atoms with Gasteiger partial charge in [-0.2, -0.15) is 0 Å². The van der Waals surface area contributed by atoms with Gasteiger partial charge in [-0.3, -0.25) is 4.79 Å². The standard InChI is InChI=1S/C19H35N3O4/c1-12(2)10-15(17(23)21-16(18(24)25)11-13(3)4)22-19(26)20-14-8-6-5-7-9-14/h12-16H,5-11H2,1-4H3,(H,21,23)(H,24,25)(H2,20,22,26)/t15-,16-/m1/s1. The van der Waals surface area contributed by atoms with Gasteiger partial charge in [0.2, 0.25) is 5.91 Å². The summed E-state index contributed by atoms with van der Waals surface area (Å²) >= 11 is 0. The molecular formula is C19H35N3O4. The van der Waals surface area contributed by atoms with Crippen molar-refractivity contribution in [3.8, 4) is 0 Å². The van der Waals surface area contributed by atoms with Crippen LogP contribution in [-0.4, -0.2) is 41.1 Å². The van der Waals surface area contributed by atoms with E-state index in [9.17, 15) is 19.5 Å². The highest BCUT2D eigenvalue weighted by Crippen LogP contribution is 2.17. The predicted octanol–water partition coefficient (Wildman–Crippen LogP) is 2.65. The van der Waals surface area contributed by atoms with E-state index in [1.54, 1.807) is 0 Å². The second kappa shape index (κ2) is 11.0. The van der Waals surface area contributed by atoms with Crippen LogP contribution in [0.1, 0.15) is 72.6 Å². The van der Waals surface area contributed by atoms with Crippen molar-refractivity contribution in [2.75, 3.05) is 0 Å². The first kappa shape index (κ1) is 22.3. The molecule has 0 spiro atoms. The summed E-state index contributed by atoms with van der Waals surface area (Å²) in [6.07, 6.45) is 6.15. The zero-order chi connectivity index (χ0) is 19.7. The first-order valence-corrected chi connectivity index (χ1v) is 9.79. The molecular weight excluding hydrogens is 334 g/mol. The molecule has 0 unspecified atom stereocenters. The maximum absolute atomic E-state index is 12.6. The lowest BCUT2D eigenvalue weighted by atomic mass is 9.96. The lowest BCUT2D eigenvalue weighted by Crippen LogP contribution is -2.55. The van der Waals surface area contributed by atoms with E-state index in [-0.39, 0.29) is 23.9 Å². The van der Waals surface area contributed by atoms with E-state index in [1.165, 1.54) is 6.42 Å². The lowest BCUT2D eigenvalue weighted by molar-refractivity contribution is -0.142. The van der Waals surface area contributed by atoms with Crippen molar-refractivity contribution >= 4 is 17.9 Å². The van der Waals surface area contributed by atoms with Gasteiger partial charge in [-0.05, 0) is 37.5 Å². The Kier molecular flexibility index (Phi) is 9.44. The maximum Gasteiger partial charge on any atom is 0.326 e. The predicted molar refractivity (Wildman–Crippen MR) is 101 cm³/mol. The van der Waals surface area contributed by atoms with Crippen molar-refractivity contribution in [1.29, 1.82) is 0 Å². The van der Waals surface area contributed by atoms with Gasteiger partial charge >= 0.3 is 12.0 Å². The van der Waals surface area contributed by atoms with E-state index >= 15 is 0 Å². The number of carboxylic acid groups (broad SMARTS) is 1. The fourth-order valence-corrected chi connectivity index (χ4v) is 3.30. The summed E-state index contributed by atoms with van der Waals surface area (Å²) in [7, 11) is 0. The van der Waals surface area contributed by atoms with Crippen molar-refractivity contribution in [3.05, 3.63) is 0 Å². The SMILES string of the molecule is CC(C)C[C@@H](NC(=O)[C@@H](CC(C)C)NC(=O)NC1CCCCC1)C(=O)O. The molecule has 7 nitrogen and oxygen atoms in total. The largest absolute Gasteiger partial charge is 0.480 e. The zero-order valence-corrected chi connectivity index (χ0v) is 16.5. The number of carbonyl (C=O) groups excluding carboxylic acids is 2. The van der Waals surface area contributed by atoms with Crippen LogP contribution >= 0.6 is 0 Å². The van der Waals surface area contributed by atoms with Gasteiger partial charge in [0.05, 0.1) is 0 Å². The molecule has 26 heavy (non-hydrogen) atoms. The average Bonchev–Trinajstić information content (AvgIpc) is 2.53. The average molecular weight is 370 g/mol. The summed E-state index contributed by atoms with van der Waals surface area (Å²) in [5, 5.41) is 17.6. The molecule has 0 heterocycles. The molecule has 0 aromatic rings. The third-order valence-corrected chi connectivity index (χ3v) is 4.59. The van der Waals surface area contributed by atoms with Gasteiger partial charge in [-0.25, -0.2) is 9.59 Å². The van der Waals surface area contributed by atoms with Gasteiger partial charge in [0.25, 0.3) is 0 Å². The second-order valence-corrected chi connectivity index (χ2v) is 8.16. The van der Waals surface area contributed by atoms with Crippen LogP contribution in [0.2, 0.25) is 0 Å². The van der Waals surface area contributed by atoms with E-state index in [0.717, 1.165) is 25.7 Å². The molecule has 1 fully saturated rings. The Labute approximate surface area is 156 Å². The molecule has 7 heteroatoms. The molecule has 3 amide bonds. The molecule has 1 aliphatic carbocycles. The topological polar surface area (TPSA) is 108 Å². The fourth-order valence-electron chi connectivity index (χ4n) is 3.30. The number of amides is 3. The Morgan fingerprint density at radius 1 is 0.885 bits per heavy atom. The Morgan fingerprint density at radius 3 is 1.92 bits per heavy atom. The van der Waals surface area contributed by atoms with Gasteiger partial charge < -0.3 is 21.1 Å². The number of nitrogens with one attached hydrogen (secondary N) is 3. The van der Waals surface area contributed by atoms with Gasteiger partial charge in [0, 0.05) is 6.04 Å². The van der Waals surface area contributed by atoms with Crippen LogP contribution in [0.5, 0.6) is 0 Å². The van der Waals surface area contributed by atoms with Crippen LogP contribution in [0.3, 0.4) is 0 Å². The minimum absolute atomic E-state index is 0.141. The summed E-state index contributed by atoms with van der Waals surface area (Å²) in [5.41, 5.74) is 0. The second-order valence-electron chi connectivity index (χ2n) is 8.16. The number of rotatable bonds is 9. The summed E-state index contributed by atoms with van der Waals surface area (Å²) in [5.74, 6) is -1.16. The van der Waals surface area contributed by atoms with E-state index in [4.69, 9.17) is 0 Å². The molecule has 0 aliphatic heterocycles. The smallest absolute Gasteiger partial charge is 0.326 e. The van der Waals surface area contributed by atoms with Gasteiger partial charge in [0.1, 0.15) is 12.1 Å². The number of carboxylic acids is 1. The zero-order valence-electron chi connectivity index (χ0n) is 16.5. The van der Waals surface area contributed by atoms with Gasteiger partial charge in [0.15, 0.2) is 0 Å². The van der Waals surface area contributed by atoms with Crippen molar-refractivity contribution in [1.82, 2.24) is 16.0 Å². The highest BCUT2D eigenvalue weighted by Gasteiger charge is 2.28. The van der Waals surface area contributed by atoms with Crippen LogP contribution in [0, 0.1) is 11.8 Å². The van der Waals surface area contributed by atoms with Crippen molar-refractivity contribution in [3.63, 3.8) is 0 Å². The number of hydrogen-bond donors (Lipinski definition) is 4. The van der Waals surface area contributed by atoms with Crippen molar-refractivity contribution in [2.45, 2.75) is 90.8 Å². The first-order chi connectivity index (χ1) is 12.2. The highest BCUT2D eigenvalue weighted by molar-refractivity contribution is 5.90. The number of hydrogen-bond acceptors (Lipinski definition) is 3. The summed E-state index contributed by atoms with van der Waals surface area (Å²) in [6.45, 7) is 7.74. The molecule has 1 rings (SSSR count). The maximum atomic E-state index is 12.6. The fraction of sp³-hybridized carbons (Fsp3) is 0.842. The molecule has 0 aromatic heterocycles. The Morgan fingerprint density at radius 2 is 1.42 bits per heavy atom. The molecule has 0 radical (unpaired) electrons. The summed E-state index contributed by atoms with van der Waals surface area (Å²) < 4.78 is 0. The van der Waals surface area contributed by atoms with Crippen molar-refractivity contribution in [2.24, 2.45) is 11.8 Å². The first-order valence-electron chi connectivity index (χ1n) is 9.79. The molecule has 0 saturated heterocycles. The molecule has 1 aliphatic rings. The van der Waals surface area contributed by atoms with Gasteiger partial charge in [-0.1, -0.05) is 47.0 Å². The molecule has 2 atom stereocenters. The highest BCUT2D eigenvalue weighted by atomic mass is 16.4. The quantitative estimate of drug-likeness (QED) is 0.501. The van der Waals surface area contributed by atoms with Gasteiger partial charge in [-0.15, -0.1) is 0 Å². The monoisotopic (exact) mass is 369 g/mol. The third-order valence-electron chi connectivity index (χ3n) is 4.59. The third kappa shape index (κ3) is 8.54. The number of carbonyl (C=O) groups is 3. The van der Waals surface area contributed by atoms with Crippen LogP contribution in [-0.2, 0) is 9.59 Å². The normalized spacial score (nSPS) is 17.6. The number of aliphatic carboxylic acids is 1. The molecule has 4 N–H and O–H groups in total. The van der Waals surface area contributed by atoms with Crippen LogP contribution in [0.15, 0.2) is 0 Å². The summed E-state index contributed by atoms with van der Waals surface area (Å²) in [4.78, 5) is 36.3. The van der Waals surface area contributed by atoms with Crippen LogP contribution < -0.4 is 16.0 Å². The van der Waals surface area contributed by atoms with E-state index in [2.05, 4.69) is 16.0 Å². The minimum Gasteiger partial charge on any atom is -0.480 e. The molecule has 0 bridgehead atoms. The minimum atomic E-state index is -1.05. The summed E-state index contributed by atoms with van der Waals surface area (Å²) in [6, 6.07) is -1.89. The number of urea groups is 1. The van der Waals surface area contributed by atoms with E-state index < -0.39 is 24.0 Å². The van der Waals surface area contributed by atoms with Crippen LogP contribution in [0.25, 0.3) is 0 Å². The van der Waals surface area contributed by atoms with E-state index in [0.29, 0.717) is 12.8 Å². The molecule has 1 saturated carbocycles. The van der Waals surface area contributed by atoms with E-state index in [1.807, 2.05) is 27.7 Å². The molecule has 150 valence electrons. The van der Waals surface area contributed by atoms with Crippen molar-refractivity contribution < 1.29 is 19.5 Å². The lowest BCUT2D eigenvalue weighted by Gasteiger charge is -2.26. The van der Waals surface area contributed by atoms with Crippen LogP contribution in [0.4, 0.5) is 4.79 Å². The molecule has 0 aromatic carbocycles. The Bertz CT molecular complexity index is 473.